The molecular formula is C15H20ClNO3. The molecule has 0 saturated heterocycles. The van der Waals surface area contributed by atoms with E-state index in [0.29, 0.717) is 10.8 Å². The van der Waals surface area contributed by atoms with Crippen LogP contribution in [0.3, 0.4) is 0 Å². The number of benzene rings is 1. The second-order valence-corrected chi connectivity index (χ2v) is 6.07. The van der Waals surface area contributed by atoms with Crippen LogP contribution in [-0.4, -0.2) is 18.4 Å². The third-order valence-electron chi connectivity index (χ3n) is 2.61. The molecule has 0 spiro atoms. The largest absolute Gasteiger partial charge is 0.425 e. The summed E-state index contributed by atoms with van der Waals surface area (Å²) in [6.45, 7) is 7.57. The van der Waals surface area contributed by atoms with Crippen molar-refractivity contribution in [2.24, 2.45) is 5.41 Å². The van der Waals surface area contributed by atoms with Gasteiger partial charge in [0.2, 0.25) is 5.91 Å². The molecule has 4 nitrogen and oxygen atoms in total. The van der Waals surface area contributed by atoms with E-state index >= 15 is 0 Å². The van der Waals surface area contributed by atoms with Gasteiger partial charge >= 0.3 is 5.97 Å². The molecular weight excluding hydrogens is 278 g/mol. The Hall–Kier alpha value is -1.55. The quantitative estimate of drug-likeness (QED) is 0.686. The van der Waals surface area contributed by atoms with E-state index in [1.807, 2.05) is 33.8 Å². The molecule has 1 N–H and O–H groups in total. The number of carbonyl (C=O) groups is 2. The van der Waals surface area contributed by atoms with Crippen LogP contribution in [0.25, 0.3) is 0 Å². The third kappa shape index (κ3) is 5.21. The van der Waals surface area contributed by atoms with E-state index in [4.69, 9.17) is 16.3 Å². The fourth-order valence-electron chi connectivity index (χ4n) is 1.41. The van der Waals surface area contributed by atoms with Crippen LogP contribution >= 0.6 is 11.6 Å². The summed E-state index contributed by atoms with van der Waals surface area (Å²) in [7, 11) is 0. The summed E-state index contributed by atoms with van der Waals surface area (Å²) in [6.07, 6.45) is 0.103. The second-order valence-electron chi connectivity index (χ2n) is 5.66. The highest BCUT2D eigenvalue weighted by molar-refractivity contribution is 6.32. The first-order valence-electron chi connectivity index (χ1n) is 6.45. The SMILES string of the molecule is Cc1ccc(Cl)c(OC(=O)CCNC(=O)C(C)(C)C)c1. The maximum absolute atomic E-state index is 11.7. The molecule has 1 aromatic rings. The molecule has 0 saturated carbocycles. The molecule has 1 amide bonds. The molecule has 0 unspecified atom stereocenters. The molecule has 0 radical (unpaired) electrons. The zero-order valence-corrected chi connectivity index (χ0v) is 13.0. The molecule has 110 valence electrons. The monoisotopic (exact) mass is 297 g/mol. The lowest BCUT2D eigenvalue weighted by molar-refractivity contribution is -0.134. The van der Waals surface area contributed by atoms with Gasteiger partial charge in [0.1, 0.15) is 5.75 Å². The van der Waals surface area contributed by atoms with Gasteiger partial charge in [0.25, 0.3) is 0 Å². The molecule has 0 bridgehead atoms. The van der Waals surface area contributed by atoms with Crippen molar-refractivity contribution in [3.63, 3.8) is 0 Å². The molecule has 1 rings (SSSR count). The van der Waals surface area contributed by atoms with Crippen molar-refractivity contribution in [2.45, 2.75) is 34.1 Å². The van der Waals surface area contributed by atoms with E-state index < -0.39 is 11.4 Å². The van der Waals surface area contributed by atoms with Gasteiger partial charge in [-0.3, -0.25) is 9.59 Å². The summed E-state index contributed by atoms with van der Waals surface area (Å²) in [5.74, 6) is -0.176. The standard InChI is InChI=1S/C15H20ClNO3/c1-10-5-6-11(16)12(9-10)20-13(18)7-8-17-14(19)15(2,3)4/h5-6,9H,7-8H2,1-4H3,(H,17,19). The van der Waals surface area contributed by atoms with E-state index in [9.17, 15) is 9.59 Å². The summed E-state index contributed by atoms with van der Waals surface area (Å²) in [5, 5.41) is 3.08. The molecule has 0 heterocycles. The number of aryl methyl sites for hydroxylation is 1. The Labute approximate surface area is 124 Å². The fourth-order valence-corrected chi connectivity index (χ4v) is 1.56. The number of hydrogen-bond acceptors (Lipinski definition) is 3. The van der Waals surface area contributed by atoms with Crippen LogP contribution in [0.2, 0.25) is 5.02 Å². The van der Waals surface area contributed by atoms with Gasteiger partial charge in [0.15, 0.2) is 0 Å². The normalized spacial score (nSPS) is 11.1. The van der Waals surface area contributed by atoms with E-state index in [1.165, 1.54) is 0 Å². The van der Waals surface area contributed by atoms with Crippen LogP contribution in [0.15, 0.2) is 18.2 Å². The number of nitrogens with one attached hydrogen (secondary N) is 1. The minimum Gasteiger partial charge on any atom is -0.425 e. The number of carbonyl (C=O) groups excluding carboxylic acids is 2. The lowest BCUT2D eigenvalue weighted by Gasteiger charge is -2.17. The molecule has 0 aliphatic rings. The number of rotatable bonds is 4. The van der Waals surface area contributed by atoms with Crippen LogP contribution in [0, 0.1) is 12.3 Å². The van der Waals surface area contributed by atoms with Crippen molar-refractivity contribution in [1.29, 1.82) is 0 Å². The van der Waals surface area contributed by atoms with Gasteiger partial charge < -0.3 is 10.1 Å². The van der Waals surface area contributed by atoms with Crippen molar-refractivity contribution in [2.75, 3.05) is 6.54 Å². The van der Waals surface area contributed by atoms with Gasteiger partial charge in [-0.1, -0.05) is 38.4 Å². The predicted molar refractivity (Wildman–Crippen MR) is 78.9 cm³/mol. The zero-order valence-electron chi connectivity index (χ0n) is 12.2. The van der Waals surface area contributed by atoms with Crippen LogP contribution < -0.4 is 10.1 Å². The topological polar surface area (TPSA) is 55.4 Å². The summed E-state index contributed by atoms with van der Waals surface area (Å²) >= 11 is 5.94. The van der Waals surface area contributed by atoms with Gasteiger partial charge in [-0.2, -0.15) is 0 Å². The van der Waals surface area contributed by atoms with Crippen molar-refractivity contribution in [3.8, 4) is 5.75 Å². The Morgan fingerprint density at radius 1 is 1.30 bits per heavy atom. The van der Waals surface area contributed by atoms with Crippen molar-refractivity contribution in [3.05, 3.63) is 28.8 Å². The smallest absolute Gasteiger partial charge is 0.313 e. The van der Waals surface area contributed by atoms with E-state index in [2.05, 4.69) is 5.32 Å². The Kier molecular flexibility index (Phi) is 5.57. The Morgan fingerprint density at radius 2 is 1.95 bits per heavy atom. The van der Waals surface area contributed by atoms with E-state index in [1.54, 1.807) is 12.1 Å². The first-order chi connectivity index (χ1) is 9.20. The highest BCUT2D eigenvalue weighted by Crippen LogP contribution is 2.25. The Balaban J connectivity index is 2.45. The first kappa shape index (κ1) is 16.5. The first-order valence-corrected chi connectivity index (χ1v) is 6.83. The molecule has 0 fully saturated rings. The summed E-state index contributed by atoms with van der Waals surface area (Å²) in [5.41, 5.74) is 0.488. The highest BCUT2D eigenvalue weighted by atomic mass is 35.5. The minimum absolute atomic E-state index is 0.0983. The van der Waals surface area contributed by atoms with Gasteiger partial charge in [0, 0.05) is 12.0 Å². The Bertz CT molecular complexity index is 506. The second kappa shape index (κ2) is 6.75. The summed E-state index contributed by atoms with van der Waals surface area (Å²) in [6, 6.07) is 5.22. The Morgan fingerprint density at radius 3 is 2.55 bits per heavy atom. The van der Waals surface area contributed by atoms with E-state index in [-0.39, 0.29) is 18.9 Å². The van der Waals surface area contributed by atoms with Crippen molar-refractivity contribution < 1.29 is 14.3 Å². The molecule has 0 aliphatic heterocycles. The van der Waals surface area contributed by atoms with E-state index in [0.717, 1.165) is 5.56 Å². The maximum Gasteiger partial charge on any atom is 0.313 e. The van der Waals surface area contributed by atoms with Crippen LogP contribution in [0.4, 0.5) is 0 Å². The molecule has 1 aromatic carbocycles. The lowest BCUT2D eigenvalue weighted by Crippen LogP contribution is -2.36. The number of esters is 1. The van der Waals surface area contributed by atoms with Gasteiger partial charge in [-0.15, -0.1) is 0 Å². The zero-order chi connectivity index (χ0) is 15.3. The summed E-state index contributed by atoms with van der Waals surface area (Å²) < 4.78 is 5.17. The van der Waals surface area contributed by atoms with Crippen LogP contribution in [0.5, 0.6) is 5.75 Å². The molecule has 0 aromatic heterocycles. The third-order valence-corrected chi connectivity index (χ3v) is 2.92. The van der Waals surface area contributed by atoms with Gasteiger partial charge in [0.05, 0.1) is 11.4 Å². The molecule has 0 aliphatic carbocycles. The number of ether oxygens (including phenoxy) is 1. The molecule has 20 heavy (non-hydrogen) atoms. The van der Waals surface area contributed by atoms with Crippen LogP contribution in [0.1, 0.15) is 32.8 Å². The van der Waals surface area contributed by atoms with Gasteiger partial charge in [-0.05, 0) is 24.6 Å². The van der Waals surface area contributed by atoms with Crippen LogP contribution in [-0.2, 0) is 9.59 Å². The molecule has 5 heteroatoms. The predicted octanol–water partition coefficient (Wildman–Crippen LogP) is 3.11. The summed E-state index contributed by atoms with van der Waals surface area (Å²) in [4.78, 5) is 23.3. The average Bonchev–Trinajstić information content (AvgIpc) is 2.32. The number of amides is 1. The van der Waals surface area contributed by atoms with Crippen molar-refractivity contribution >= 4 is 23.5 Å². The number of halogens is 1. The lowest BCUT2D eigenvalue weighted by atomic mass is 9.96. The molecule has 0 atom stereocenters. The maximum atomic E-state index is 11.7. The highest BCUT2D eigenvalue weighted by Gasteiger charge is 2.20. The minimum atomic E-state index is -0.468. The average molecular weight is 298 g/mol. The fraction of sp³-hybridized carbons (Fsp3) is 0.467. The number of hydrogen-bond donors (Lipinski definition) is 1. The van der Waals surface area contributed by atoms with Gasteiger partial charge in [-0.25, -0.2) is 0 Å². The van der Waals surface area contributed by atoms with Crippen molar-refractivity contribution in [1.82, 2.24) is 5.32 Å².